The largest absolute Gasteiger partial charge is 0.497 e. The average Bonchev–Trinajstić information content (AvgIpc) is 2.16. The Hall–Kier alpha value is -1.09. The van der Waals surface area contributed by atoms with Gasteiger partial charge in [-0.2, -0.15) is 0 Å². The molecule has 0 N–H and O–H groups in total. The molecule has 0 radical (unpaired) electrons. The maximum absolute atomic E-state index is 11.2. The van der Waals surface area contributed by atoms with E-state index in [0.717, 1.165) is 4.47 Å². The lowest BCUT2D eigenvalue weighted by atomic mass is 10.1. The topological polar surface area (TPSA) is 26.3 Å². The quantitative estimate of drug-likeness (QED) is 0.600. The summed E-state index contributed by atoms with van der Waals surface area (Å²) in [5.74, 6) is 0.613. The zero-order valence-corrected chi connectivity index (χ0v) is 8.80. The van der Waals surface area contributed by atoms with E-state index in [9.17, 15) is 4.79 Å². The first-order valence-corrected chi connectivity index (χ1v) is 4.48. The molecule has 0 amide bonds. The van der Waals surface area contributed by atoms with E-state index in [1.54, 1.807) is 25.3 Å². The first-order chi connectivity index (χ1) is 6.19. The van der Waals surface area contributed by atoms with Crippen LogP contribution in [0.15, 0.2) is 35.3 Å². The van der Waals surface area contributed by atoms with E-state index >= 15 is 0 Å². The lowest BCUT2D eigenvalue weighted by Crippen LogP contribution is -1.95. The molecule has 0 aliphatic rings. The zero-order chi connectivity index (χ0) is 9.84. The van der Waals surface area contributed by atoms with E-state index in [1.165, 1.54) is 6.08 Å². The second-order valence-corrected chi connectivity index (χ2v) is 3.27. The highest BCUT2D eigenvalue weighted by Gasteiger charge is 2.06. The van der Waals surface area contributed by atoms with Gasteiger partial charge in [0.1, 0.15) is 5.75 Å². The van der Waals surface area contributed by atoms with Crippen molar-refractivity contribution < 1.29 is 9.53 Å². The number of benzene rings is 1. The van der Waals surface area contributed by atoms with Crippen LogP contribution in [0.3, 0.4) is 0 Å². The van der Waals surface area contributed by atoms with Crippen LogP contribution in [-0.4, -0.2) is 12.9 Å². The fourth-order valence-corrected chi connectivity index (χ4v) is 1.49. The molecule has 0 aliphatic heterocycles. The summed E-state index contributed by atoms with van der Waals surface area (Å²) >= 11 is 3.28. The van der Waals surface area contributed by atoms with Gasteiger partial charge in [-0.25, -0.2) is 0 Å². The number of ether oxygens (including phenoxy) is 1. The van der Waals surface area contributed by atoms with Crippen molar-refractivity contribution >= 4 is 21.7 Å². The predicted molar refractivity (Wildman–Crippen MR) is 55.2 cm³/mol. The molecule has 1 rings (SSSR count). The molecule has 3 heteroatoms. The number of halogens is 1. The van der Waals surface area contributed by atoms with Crippen molar-refractivity contribution in [1.29, 1.82) is 0 Å². The number of carbonyl (C=O) groups is 1. The second-order valence-electron chi connectivity index (χ2n) is 2.41. The maximum atomic E-state index is 11.2. The number of hydrogen-bond acceptors (Lipinski definition) is 2. The number of ketones is 1. The van der Waals surface area contributed by atoms with Crippen molar-refractivity contribution in [1.82, 2.24) is 0 Å². The Kier molecular flexibility index (Phi) is 3.25. The van der Waals surface area contributed by atoms with Crippen molar-refractivity contribution in [2.24, 2.45) is 0 Å². The number of carbonyl (C=O) groups excluding carboxylic acids is 1. The van der Waals surface area contributed by atoms with Crippen LogP contribution < -0.4 is 4.74 Å². The molecule has 0 bridgehead atoms. The van der Waals surface area contributed by atoms with Gasteiger partial charge in [-0.1, -0.05) is 6.58 Å². The van der Waals surface area contributed by atoms with E-state index in [4.69, 9.17) is 4.74 Å². The van der Waals surface area contributed by atoms with Gasteiger partial charge in [-0.05, 0) is 40.2 Å². The highest BCUT2D eigenvalue weighted by atomic mass is 79.9. The van der Waals surface area contributed by atoms with Gasteiger partial charge in [0.25, 0.3) is 0 Å². The summed E-state index contributed by atoms with van der Waals surface area (Å²) in [6.45, 7) is 3.42. The number of methoxy groups -OCH3 is 1. The Morgan fingerprint density at radius 3 is 2.77 bits per heavy atom. The van der Waals surface area contributed by atoms with Gasteiger partial charge in [-0.3, -0.25) is 4.79 Å². The van der Waals surface area contributed by atoms with Gasteiger partial charge < -0.3 is 4.74 Å². The van der Waals surface area contributed by atoms with Gasteiger partial charge in [-0.15, -0.1) is 0 Å². The summed E-state index contributed by atoms with van der Waals surface area (Å²) in [6.07, 6.45) is 1.28. The summed E-state index contributed by atoms with van der Waals surface area (Å²) in [5, 5.41) is 0. The van der Waals surface area contributed by atoms with Gasteiger partial charge in [0.15, 0.2) is 5.78 Å². The molecule has 0 heterocycles. The lowest BCUT2D eigenvalue weighted by Gasteiger charge is -2.03. The molecule has 1 aromatic carbocycles. The van der Waals surface area contributed by atoms with Gasteiger partial charge in [0.05, 0.1) is 7.11 Å². The maximum Gasteiger partial charge on any atom is 0.186 e. The Morgan fingerprint density at radius 1 is 1.62 bits per heavy atom. The molecule has 0 atom stereocenters. The summed E-state index contributed by atoms with van der Waals surface area (Å²) in [6, 6.07) is 5.19. The van der Waals surface area contributed by atoms with E-state index < -0.39 is 0 Å². The van der Waals surface area contributed by atoms with Crippen LogP contribution in [-0.2, 0) is 0 Å². The minimum absolute atomic E-state index is 0.102. The third-order valence-corrected chi connectivity index (χ3v) is 2.28. The second kappa shape index (κ2) is 4.23. The summed E-state index contributed by atoms with van der Waals surface area (Å²) in [4.78, 5) is 11.2. The van der Waals surface area contributed by atoms with Crippen molar-refractivity contribution in [3.05, 3.63) is 40.9 Å². The monoisotopic (exact) mass is 240 g/mol. The molecule has 1 aromatic rings. The Bertz CT molecular complexity index is 345. The van der Waals surface area contributed by atoms with E-state index in [-0.39, 0.29) is 5.78 Å². The molecule has 68 valence electrons. The van der Waals surface area contributed by atoms with Crippen LogP contribution in [0.5, 0.6) is 5.75 Å². The van der Waals surface area contributed by atoms with Crippen LogP contribution in [0, 0.1) is 0 Å². The summed E-state index contributed by atoms with van der Waals surface area (Å²) < 4.78 is 5.72. The molecule has 0 spiro atoms. The SMILES string of the molecule is C=CC(=O)c1ccc(OC)cc1Br. The van der Waals surface area contributed by atoms with Gasteiger partial charge >= 0.3 is 0 Å². The number of hydrogen-bond donors (Lipinski definition) is 0. The summed E-state index contributed by atoms with van der Waals surface area (Å²) in [7, 11) is 1.58. The predicted octanol–water partition coefficient (Wildman–Crippen LogP) is 2.83. The molecule has 0 aliphatic carbocycles. The van der Waals surface area contributed by atoms with Crippen molar-refractivity contribution in [3.8, 4) is 5.75 Å². The standard InChI is InChI=1S/C10H9BrO2/c1-3-10(12)8-5-4-7(13-2)6-9(8)11/h3-6H,1H2,2H3. The average molecular weight is 241 g/mol. The van der Waals surface area contributed by atoms with Crippen molar-refractivity contribution in [2.45, 2.75) is 0 Å². The van der Waals surface area contributed by atoms with Crippen LogP contribution in [0.2, 0.25) is 0 Å². The normalized spacial score (nSPS) is 9.38. The van der Waals surface area contributed by atoms with E-state index in [0.29, 0.717) is 11.3 Å². The molecule has 0 saturated carbocycles. The number of allylic oxidation sites excluding steroid dienone is 1. The first-order valence-electron chi connectivity index (χ1n) is 3.69. The highest BCUT2D eigenvalue weighted by Crippen LogP contribution is 2.23. The Labute approximate surface area is 85.3 Å². The fraction of sp³-hybridized carbons (Fsp3) is 0.100. The lowest BCUT2D eigenvalue weighted by molar-refractivity contribution is 0.104. The third kappa shape index (κ3) is 2.18. The molecule has 13 heavy (non-hydrogen) atoms. The van der Waals surface area contributed by atoms with Gasteiger partial charge in [0.2, 0.25) is 0 Å². The molecule has 0 saturated heterocycles. The molecule has 0 fully saturated rings. The molecule has 2 nitrogen and oxygen atoms in total. The van der Waals surface area contributed by atoms with Crippen LogP contribution >= 0.6 is 15.9 Å². The third-order valence-electron chi connectivity index (χ3n) is 1.63. The van der Waals surface area contributed by atoms with Crippen LogP contribution in [0.1, 0.15) is 10.4 Å². The van der Waals surface area contributed by atoms with Crippen molar-refractivity contribution in [3.63, 3.8) is 0 Å². The minimum Gasteiger partial charge on any atom is -0.497 e. The minimum atomic E-state index is -0.102. The molecular weight excluding hydrogens is 232 g/mol. The molecule has 0 aromatic heterocycles. The fourth-order valence-electron chi connectivity index (χ4n) is 0.933. The van der Waals surface area contributed by atoms with Gasteiger partial charge in [0, 0.05) is 10.0 Å². The van der Waals surface area contributed by atoms with E-state index in [1.807, 2.05) is 0 Å². The highest BCUT2D eigenvalue weighted by molar-refractivity contribution is 9.10. The Balaban J connectivity index is 3.12. The van der Waals surface area contributed by atoms with Crippen molar-refractivity contribution in [2.75, 3.05) is 7.11 Å². The smallest absolute Gasteiger partial charge is 0.186 e. The number of rotatable bonds is 3. The Morgan fingerprint density at radius 2 is 2.31 bits per heavy atom. The van der Waals surface area contributed by atoms with Crippen LogP contribution in [0.25, 0.3) is 0 Å². The van der Waals surface area contributed by atoms with Crippen LogP contribution in [0.4, 0.5) is 0 Å². The molecule has 0 unspecified atom stereocenters. The molecular formula is C10H9BrO2. The zero-order valence-electron chi connectivity index (χ0n) is 7.21. The van der Waals surface area contributed by atoms with E-state index in [2.05, 4.69) is 22.5 Å². The first kappa shape index (κ1) is 9.99. The summed E-state index contributed by atoms with van der Waals surface area (Å²) in [5.41, 5.74) is 0.593.